The highest BCUT2D eigenvalue weighted by Crippen LogP contribution is 2.52. The molecule has 2 N–H and O–H groups in total. The largest absolute Gasteiger partial charge is 0.361 e. The van der Waals surface area contributed by atoms with E-state index in [0.29, 0.717) is 13.1 Å². The number of rotatable bonds is 5. The first kappa shape index (κ1) is 19.1. The maximum Gasteiger partial charge on any atom is 0.230 e. The van der Waals surface area contributed by atoms with Gasteiger partial charge in [0.25, 0.3) is 0 Å². The molecule has 162 valence electrons. The Morgan fingerprint density at radius 1 is 1.23 bits per heavy atom. The minimum atomic E-state index is -0.628. The fraction of sp³-hybridized carbons (Fsp3) is 0.520. The van der Waals surface area contributed by atoms with Gasteiger partial charge in [0, 0.05) is 29.7 Å². The van der Waals surface area contributed by atoms with E-state index in [1.807, 2.05) is 35.4 Å². The number of carbonyl (C=O) groups excluding carboxylic acids is 2. The maximum atomic E-state index is 13.4. The van der Waals surface area contributed by atoms with Crippen LogP contribution in [-0.4, -0.2) is 52.5 Å². The van der Waals surface area contributed by atoms with Crippen molar-refractivity contribution in [1.29, 1.82) is 0 Å². The molecule has 4 heterocycles. The van der Waals surface area contributed by atoms with Crippen LogP contribution >= 0.6 is 0 Å². The van der Waals surface area contributed by atoms with Crippen molar-refractivity contribution in [3.63, 3.8) is 0 Å². The summed E-state index contributed by atoms with van der Waals surface area (Å²) < 4.78 is 6.27. The van der Waals surface area contributed by atoms with Gasteiger partial charge in [-0.25, -0.2) is 0 Å². The van der Waals surface area contributed by atoms with Crippen molar-refractivity contribution in [1.82, 2.24) is 15.2 Å². The summed E-state index contributed by atoms with van der Waals surface area (Å²) in [5.41, 5.74) is 1.70. The zero-order chi connectivity index (χ0) is 21.0. The van der Waals surface area contributed by atoms with E-state index in [4.69, 9.17) is 4.74 Å². The molecule has 31 heavy (non-hydrogen) atoms. The summed E-state index contributed by atoms with van der Waals surface area (Å²) in [6, 6.07) is 8.48. The molecule has 1 aliphatic carbocycles. The Morgan fingerprint density at radius 2 is 2.06 bits per heavy atom. The molecule has 2 saturated heterocycles. The normalized spacial score (nSPS) is 32.2. The fourth-order valence-corrected chi connectivity index (χ4v) is 6.21. The third-order valence-corrected chi connectivity index (χ3v) is 7.76. The maximum absolute atomic E-state index is 13.4. The average Bonchev–Trinajstić information content (AvgIpc) is 3.53. The third-order valence-electron chi connectivity index (χ3n) is 7.76. The molecule has 4 aliphatic rings. The second-order valence-corrected chi connectivity index (χ2v) is 9.61. The molecule has 1 saturated carbocycles. The van der Waals surface area contributed by atoms with E-state index in [1.54, 1.807) is 0 Å². The van der Waals surface area contributed by atoms with Gasteiger partial charge in [0.05, 0.1) is 24.5 Å². The number of nitrogens with one attached hydrogen (secondary N) is 2. The first-order valence-corrected chi connectivity index (χ1v) is 11.7. The van der Waals surface area contributed by atoms with Crippen molar-refractivity contribution in [2.75, 3.05) is 13.1 Å². The van der Waals surface area contributed by atoms with Gasteiger partial charge < -0.3 is 19.9 Å². The number of para-hydroxylation sites is 1. The van der Waals surface area contributed by atoms with Gasteiger partial charge in [-0.3, -0.25) is 9.59 Å². The van der Waals surface area contributed by atoms with Gasteiger partial charge in [0.15, 0.2) is 0 Å². The second kappa shape index (κ2) is 7.23. The summed E-state index contributed by atoms with van der Waals surface area (Å²) in [4.78, 5) is 31.8. The molecular formula is C25H29N3O3. The van der Waals surface area contributed by atoms with Gasteiger partial charge in [0.1, 0.15) is 5.60 Å². The van der Waals surface area contributed by atoms with Crippen LogP contribution in [0.5, 0.6) is 0 Å². The monoisotopic (exact) mass is 419 g/mol. The second-order valence-electron chi connectivity index (χ2n) is 9.61. The van der Waals surface area contributed by atoms with Crippen molar-refractivity contribution < 1.29 is 14.3 Å². The third kappa shape index (κ3) is 3.03. The van der Waals surface area contributed by atoms with Crippen molar-refractivity contribution in [3.8, 4) is 0 Å². The Balaban J connectivity index is 1.17. The molecule has 0 radical (unpaired) electrons. The lowest BCUT2D eigenvalue weighted by Crippen LogP contribution is -2.47. The van der Waals surface area contributed by atoms with E-state index in [0.717, 1.165) is 24.8 Å². The van der Waals surface area contributed by atoms with Crippen LogP contribution in [-0.2, 0) is 20.7 Å². The number of nitrogens with zero attached hydrogens (tertiary/aromatic N) is 1. The van der Waals surface area contributed by atoms with E-state index in [-0.39, 0.29) is 24.0 Å². The highest BCUT2D eigenvalue weighted by molar-refractivity contribution is 5.93. The van der Waals surface area contributed by atoms with Crippen LogP contribution in [0.2, 0.25) is 0 Å². The van der Waals surface area contributed by atoms with Crippen molar-refractivity contribution in [3.05, 3.63) is 48.2 Å². The van der Waals surface area contributed by atoms with Gasteiger partial charge in [-0.05, 0) is 30.9 Å². The molecule has 1 aromatic heterocycles. The molecule has 6 rings (SSSR count). The number of hydrogen-bond donors (Lipinski definition) is 2. The highest BCUT2D eigenvalue weighted by atomic mass is 16.5. The van der Waals surface area contributed by atoms with Gasteiger partial charge >= 0.3 is 0 Å². The number of benzene rings is 1. The number of aromatic amines is 1. The van der Waals surface area contributed by atoms with E-state index >= 15 is 0 Å². The van der Waals surface area contributed by atoms with E-state index in [1.165, 1.54) is 30.2 Å². The number of fused-ring (bicyclic) bond motifs is 2. The Kier molecular flexibility index (Phi) is 4.46. The molecule has 2 amide bonds. The Hall–Kier alpha value is -2.60. The molecule has 1 spiro atoms. The van der Waals surface area contributed by atoms with E-state index in [2.05, 4.69) is 22.4 Å². The predicted molar refractivity (Wildman–Crippen MR) is 117 cm³/mol. The van der Waals surface area contributed by atoms with Gasteiger partial charge in [-0.2, -0.15) is 0 Å². The molecule has 3 aliphatic heterocycles. The molecule has 2 bridgehead atoms. The Bertz CT molecular complexity index is 1050. The Morgan fingerprint density at radius 3 is 2.94 bits per heavy atom. The lowest BCUT2D eigenvalue weighted by molar-refractivity contribution is -0.137. The molecule has 3 fully saturated rings. The van der Waals surface area contributed by atoms with E-state index < -0.39 is 17.4 Å². The molecule has 1 aromatic carbocycles. The summed E-state index contributed by atoms with van der Waals surface area (Å²) in [7, 11) is 0. The molecule has 6 heteroatoms. The number of ether oxygens (including phenoxy) is 1. The summed E-state index contributed by atoms with van der Waals surface area (Å²) in [5, 5.41) is 4.44. The molecule has 2 aromatic rings. The van der Waals surface area contributed by atoms with Crippen LogP contribution in [0.15, 0.2) is 42.6 Å². The quantitative estimate of drug-likeness (QED) is 0.732. The lowest BCUT2D eigenvalue weighted by Gasteiger charge is -2.28. The van der Waals surface area contributed by atoms with E-state index in [9.17, 15) is 9.59 Å². The van der Waals surface area contributed by atoms with Crippen molar-refractivity contribution in [2.45, 2.75) is 56.3 Å². The topological polar surface area (TPSA) is 74.4 Å². The summed E-state index contributed by atoms with van der Waals surface area (Å²) >= 11 is 0. The number of hydrogen-bond acceptors (Lipinski definition) is 3. The number of likely N-dealkylation sites (tertiary alicyclic amines) is 1. The van der Waals surface area contributed by atoms with Crippen molar-refractivity contribution in [2.24, 2.45) is 11.8 Å². The van der Waals surface area contributed by atoms with Crippen molar-refractivity contribution >= 4 is 22.7 Å². The van der Waals surface area contributed by atoms with Gasteiger partial charge in [0.2, 0.25) is 11.8 Å². The molecule has 0 unspecified atom stereocenters. The number of H-pyrrole nitrogens is 1. The van der Waals surface area contributed by atoms with Crippen LogP contribution in [0.4, 0.5) is 0 Å². The zero-order valence-corrected chi connectivity index (χ0v) is 17.7. The molecule has 4 atom stereocenters. The SMILES string of the molecule is O=C(NC1CCCCC1)[C@@H]1[C@@H]2C=C[C@]3(CN(CCc4c[nH]c5ccccc45)C(=O)[C@H]13)O2. The zero-order valence-electron chi connectivity index (χ0n) is 17.7. The van der Waals surface area contributed by atoms with Crippen LogP contribution in [0.25, 0.3) is 10.9 Å². The van der Waals surface area contributed by atoms with Crippen LogP contribution in [0, 0.1) is 11.8 Å². The Labute approximate surface area is 182 Å². The van der Waals surface area contributed by atoms with Crippen LogP contribution in [0.1, 0.15) is 37.7 Å². The van der Waals surface area contributed by atoms with Crippen LogP contribution < -0.4 is 5.32 Å². The highest BCUT2D eigenvalue weighted by Gasteiger charge is 2.66. The molecule has 6 nitrogen and oxygen atoms in total. The minimum Gasteiger partial charge on any atom is -0.361 e. The molecular weight excluding hydrogens is 390 g/mol. The predicted octanol–water partition coefficient (Wildman–Crippen LogP) is 2.94. The van der Waals surface area contributed by atoms with Gasteiger partial charge in [-0.1, -0.05) is 49.6 Å². The van der Waals surface area contributed by atoms with Gasteiger partial charge in [-0.15, -0.1) is 0 Å². The summed E-state index contributed by atoms with van der Waals surface area (Å²) in [6.07, 6.45) is 12.3. The van der Waals surface area contributed by atoms with Crippen LogP contribution in [0.3, 0.4) is 0 Å². The number of amides is 2. The standard InChI is InChI=1S/C25H29N3O3/c29-23(27-17-6-2-1-3-7-17)21-20-10-12-25(31-20)15-28(24(30)22(21)25)13-11-16-14-26-19-9-5-4-8-18(16)19/h4-5,8-10,12,14,17,20-22,26H,1-3,6-7,11,13,15H2,(H,27,29)/t20-,21+,22-,25+/m0/s1. The summed E-state index contributed by atoms with van der Waals surface area (Å²) in [5.74, 6) is -0.734. The number of aromatic nitrogens is 1. The number of carbonyl (C=O) groups is 2. The fourth-order valence-electron chi connectivity index (χ4n) is 6.21. The first-order valence-electron chi connectivity index (χ1n) is 11.7. The smallest absolute Gasteiger partial charge is 0.230 e. The lowest BCUT2D eigenvalue weighted by atomic mass is 9.76. The summed E-state index contributed by atoms with van der Waals surface area (Å²) in [6.45, 7) is 1.18. The first-order chi connectivity index (χ1) is 15.1. The average molecular weight is 420 g/mol. The minimum absolute atomic E-state index is 0.0000430.